The Balaban J connectivity index is 0.000000234. The molecule has 0 aromatic heterocycles. The minimum absolute atomic E-state index is 0.813. The van der Waals surface area contributed by atoms with Crippen LogP contribution in [0.15, 0.2) is 12.3 Å². The Morgan fingerprint density at radius 3 is 2.67 bits per heavy atom. The summed E-state index contributed by atoms with van der Waals surface area (Å²) in [7, 11) is 1.73. The Hall–Kier alpha value is -0.540. The van der Waals surface area contributed by atoms with Crippen molar-refractivity contribution >= 4 is 0 Å². The number of hydrogen-bond acceptors (Lipinski definition) is 3. The van der Waals surface area contributed by atoms with Gasteiger partial charge in [-0.2, -0.15) is 0 Å². The molecule has 1 aliphatic heterocycles. The van der Waals surface area contributed by atoms with Gasteiger partial charge in [-0.1, -0.05) is 26.3 Å². The van der Waals surface area contributed by atoms with Crippen LogP contribution in [0.5, 0.6) is 0 Å². The Morgan fingerprint density at radius 2 is 2.20 bits per heavy atom. The molecule has 88 valence electrons. The fraction of sp³-hybridized carbons (Fsp3) is 0.833. The third-order valence-electron chi connectivity index (χ3n) is 2.70. The van der Waals surface area contributed by atoms with Crippen LogP contribution in [0.1, 0.15) is 19.8 Å². The molecule has 0 unspecified atom stereocenters. The maximum atomic E-state index is 4.99. The molecule has 0 atom stereocenters. The Kier molecular flexibility index (Phi) is 5.73. The molecule has 1 aliphatic carbocycles. The summed E-state index contributed by atoms with van der Waals surface area (Å²) in [6.07, 6.45) is 2.97. The van der Waals surface area contributed by atoms with Crippen LogP contribution in [-0.2, 0) is 4.74 Å². The summed E-state index contributed by atoms with van der Waals surface area (Å²) >= 11 is 0. The highest BCUT2D eigenvalue weighted by molar-refractivity contribution is 4.97. The van der Waals surface area contributed by atoms with Gasteiger partial charge in [-0.25, -0.2) is 0 Å². The van der Waals surface area contributed by atoms with Crippen LogP contribution >= 0.6 is 0 Å². The molecule has 2 aliphatic rings. The van der Waals surface area contributed by atoms with Gasteiger partial charge in [0.05, 0.1) is 6.61 Å². The van der Waals surface area contributed by atoms with E-state index in [1.165, 1.54) is 12.8 Å². The molecule has 3 heteroatoms. The van der Waals surface area contributed by atoms with E-state index in [1.54, 1.807) is 7.11 Å². The molecule has 0 amide bonds. The number of rotatable bonds is 3. The third kappa shape index (κ3) is 6.52. The van der Waals surface area contributed by atoms with Crippen molar-refractivity contribution in [2.75, 3.05) is 39.9 Å². The van der Waals surface area contributed by atoms with Crippen LogP contribution in [0.4, 0.5) is 0 Å². The van der Waals surface area contributed by atoms with E-state index in [1.807, 2.05) is 0 Å². The highest BCUT2D eigenvalue weighted by Crippen LogP contribution is 2.26. The first-order chi connectivity index (χ1) is 7.22. The van der Waals surface area contributed by atoms with Crippen LogP contribution in [-0.4, -0.2) is 44.8 Å². The molecule has 0 bridgehead atoms. The van der Waals surface area contributed by atoms with Crippen molar-refractivity contribution in [1.29, 1.82) is 0 Å². The van der Waals surface area contributed by atoms with Crippen LogP contribution in [0.3, 0.4) is 0 Å². The van der Waals surface area contributed by atoms with Crippen molar-refractivity contribution in [2.24, 2.45) is 5.92 Å². The molecular formula is C12H24N2O. The molecule has 0 aromatic carbocycles. The number of hydrogen-bond donors (Lipinski definition) is 1. The number of ether oxygens (including phenoxy) is 1. The van der Waals surface area contributed by atoms with E-state index in [0.717, 1.165) is 44.4 Å². The quantitative estimate of drug-likeness (QED) is 0.766. The van der Waals surface area contributed by atoms with Crippen molar-refractivity contribution in [3.63, 3.8) is 0 Å². The second kappa shape index (κ2) is 6.85. The molecule has 1 N–H and O–H groups in total. The van der Waals surface area contributed by atoms with Gasteiger partial charge < -0.3 is 10.1 Å². The highest BCUT2D eigenvalue weighted by atomic mass is 16.5. The van der Waals surface area contributed by atoms with Crippen molar-refractivity contribution in [2.45, 2.75) is 19.8 Å². The zero-order valence-electron chi connectivity index (χ0n) is 10.1. The Morgan fingerprint density at radius 1 is 1.53 bits per heavy atom. The SMILES string of the molecule is C=C1CN(CCOC)CCN1.CC1CC1. The molecule has 3 nitrogen and oxygen atoms in total. The van der Waals surface area contributed by atoms with Gasteiger partial charge in [0, 0.05) is 39.0 Å². The van der Waals surface area contributed by atoms with Gasteiger partial charge in [0.2, 0.25) is 0 Å². The molecule has 1 heterocycles. The summed E-state index contributed by atoms with van der Waals surface area (Å²) in [5.41, 5.74) is 1.12. The number of methoxy groups -OCH3 is 1. The fourth-order valence-corrected chi connectivity index (χ4v) is 1.37. The van der Waals surface area contributed by atoms with Gasteiger partial charge in [0.1, 0.15) is 0 Å². The van der Waals surface area contributed by atoms with Crippen LogP contribution in [0, 0.1) is 5.92 Å². The number of piperazine rings is 1. The van der Waals surface area contributed by atoms with Crippen LogP contribution < -0.4 is 5.32 Å². The normalized spacial score (nSPS) is 21.6. The van der Waals surface area contributed by atoms with Gasteiger partial charge in [0.15, 0.2) is 0 Å². The zero-order chi connectivity index (χ0) is 11.1. The molecule has 2 fully saturated rings. The summed E-state index contributed by atoms with van der Waals surface area (Å²) in [4.78, 5) is 2.34. The summed E-state index contributed by atoms with van der Waals surface area (Å²) in [6, 6.07) is 0. The van der Waals surface area contributed by atoms with E-state index in [0.29, 0.717) is 0 Å². The van der Waals surface area contributed by atoms with Crippen molar-refractivity contribution in [1.82, 2.24) is 10.2 Å². The predicted octanol–water partition coefficient (Wildman–Crippen LogP) is 1.47. The first-order valence-corrected chi connectivity index (χ1v) is 5.85. The highest BCUT2D eigenvalue weighted by Gasteiger charge is 2.12. The lowest BCUT2D eigenvalue weighted by atomic mass is 10.3. The summed E-state index contributed by atoms with van der Waals surface area (Å²) in [5, 5.41) is 3.21. The van der Waals surface area contributed by atoms with Crippen LogP contribution in [0.25, 0.3) is 0 Å². The van der Waals surface area contributed by atoms with Crippen molar-refractivity contribution < 1.29 is 4.74 Å². The maximum Gasteiger partial charge on any atom is 0.0589 e. The smallest absolute Gasteiger partial charge is 0.0589 e. The van der Waals surface area contributed by atoms with E-state index >= 15 is 0 Å². The largest absolute Gasteiger partial charge is 0.386 e. The van der Waals surface area contributed by atoms with Gasteiger partial charge in [-0.3, -0.25) is 4.90 Å². The van der Waals surface area contributed by atoms with Crippen molar-refractivity contribution in [3.8, 4) is 0 Å². The molecular weight excluding hydrogens is 188 g/mol. The van der Waals surface area contributed by atoms with E-state index in [-0.39, 0.29) is 0 Å². The first-order valence-electron chi connectivity index (χ1n) is 5.85. The standard InChI is InChI=1S/C8H16N2O.C4H8/c1-8-7-10(4-3-9-8)5-6-11-2;1-4-2-3-4/h9H,1,3-7H2,2H3;4H,2-3H2,1H3. The van der Waals surface area contributed by atoms with E-state index in [2.05, 4.69) is 23.7 Å². The maximum absolute atomic E-state index is 4.99. The molecule has 0 aromatic rings. The second-order valence-corrected chi connectivity index (χ2v) is 4.48. The van der Waals surface area contributed by atoms with Gasteiger partial charge in [-0.15, -0.1) is 0 Å². The molecule has 0 spiro atoms. The predicted molar refractivity (Wildman–Crippen MR) is 63.9 cm³/mol. The topological polar surface area (TPSA) is 24.5 Å². The third-order valence-corrected chi connectivity index (χ3v) is 2.70. The molecule has 2 rings (SSSR count). The number of nitrogens with zero attached hydrogens (tertiary/aromatic N) is 1. The van der Waals surface area contributed by atoms with E-state index < -0.39 is 0 Å². The van der Waals surface area contributed by atoms with Crippen LogP contribution in [0.2, 0.25) is 0 Å². The Bertz CT molecular complexity index is 190. The zero-order valence-corrected chi connectivity index (χ0v) is 10.1. The summed E-state index contributed by atoms with van der Waals surface area (Å²) in [6.45, 7) is 11.1. The average molecular weight is 212 g/mol. The molecule has 1 saturated heterocycles. The lowest BCUT2D eigenvalue weighted by molar-refractivity contribution is 0.147. The molecule has 0 radical (unpaired) electrons. The fourth-order valence-electron chi connectivity index (χ4n) is 1.37. The van der Waals surface area contributed by atoms with E-state index in [9.17, 15) is 0 Å². The van der Waals surface area contributed by atoms with Gasteiger partial charge in [0.25, 0.3) is 0 Å². The van der Waals surface area contributed by atoms with Crippen molar-refractivity contribution in [3.05, 3.63) is 12.3 Å². The lowest BCUT2D eigenvalue weighted by Gasteiger charge is -2.28. The first kappa shape index (κ1) is 12.5. The summed E-state index contributed by atoms with van der Waals surface area (Å²) in [5.74, 6) is 1.08. The molecule has 15 heavy (non-hydrogen) atoms. The minimum Gasteiger partial charge on any atom is -0.386 e. The summed E-state index contributed by atoms with van der Waals surface area (Å²) < 4.78 is 4.99. The monoisotopic (exact) mass is 212 g/mol. The van der Waals surface area contributed by atoms with Gasteiger partial charge >= 0.3 is 0 Å². The molecule has 1 saturated carbocycles. The number of nitrogens with one attached hydrogen (secondary N) is 1. The Labute approximate surface area is 93.5 Å². The second-order valence-electron chi connectivity index (χ2n) is 4.48. The lowest BCUT2D eigenvalue weighted by Crippen LogP contribution is -2.42. The van der Waals surface area contributed by atoms with Gasteiger partial charge in [-0.05, 0) is 5.92 Å². The average Bonchev–Trinajstić information content (AvgIpc) is 2.99. The van der Waals surface area contributed by atoms with E-state index in [4.69, 9.17) is 4.74 Å². The minimum atomic E-state index is 0.813.